The van der Waals surface area contributed by atoms with Crippen LogP contribution in [0, 0.1) is 0 Å². The van der Waals surface area contributed by atoms with E-state index in [4.69, 9.17) is 4.74 Å². The van der Waals surface area contributed by atoms with Crippen LogP contribution in [0.4, 0.5) is 22.0 Å². The highest BCUT2D eigenvalue weighted by molar-refractivity contribution is 7.91. The first kappa shape index (κ1) is 32.9. The maximum Gasteiger partial charge on any atom is 0.453 e. The average Bonchev–Trinajstić information content (AvgIpc) is 3.16. The number of halogens is 5. The van der Waals surface area contributed by atoms with E-state index in [2.05, 4.69) is 24.3 Å². The van der Waals surface area contributed by atoms with Crippen molar-refractivity contribution in [2.75, 3.05) is 18.1 Å². The van der Waals surface area contributed by atoms with Gasteiger partial charge in [-0.05, 0) is 109 Å². The molecule has 3 aromatic carbocycles. The lowest BCUT2D eigenvalue weighted by atomic mass is 9.88. The Balaban J connectivity index is 1.26. The number of phenolic OH excluding ortho intramolecular Hbond substituents is 1. The maximum absolute atomic E-state index is 12.9. The second-order valence-electron chi connectivity index (χ2n) is 10.9. The molecule has 0 aliphatic heterocycles. The van der Waals surface area contributed by atoms with Crippen LogP contribution in [0.1, 0.15) is 73.6 Å². The number of alkyl halides is 5. The van der Waals surface area contributed by atoms with E-state index >= 15 is 0 Å². The van der Waals surface area contributed by atoms with Crippen LogP contribution in [-0.4, -0.2) is 39.9 Å². The fourth-order valence-corrected chi connectivity index (χ4v) is 6.55. The van der Waals surface area contributed by atoms with Gasteiger partial charge in [0.1, 0.15) is 23.0 Å². The SMILES string of the molecule is [O-][S+](CCCCCCOc1ccc(C2=C(c3ccccc3)CCCc3cc(O)ccc32)cc1)CCCC(F)(F)C(F)(F)F. The minimum absolute atomic E-state index is 0.150. The number of aryl methyl sites for hydroxylation is 1. The molecule has 3 aromatic rings. The zero-order valence-corrected chi connectivity index (χ0v) is 24.8. The summed E-state index contributed by atoms with van der Waals surface area (Å²) in [6, 6.07) is 24.0. The van der Waals surface area contributed by atoms with E-state index in [1.807, 2.05) is 42.5 Å². The molecule has 232 valence electrons. The van der Waals surface area contributed by atoms with Gasteiger partial charge in [-0.2, -0.15) is 22.0 Å². The molecule has 0 saturated carbocycles. The first-order chi connectivity index (χ1) is 20.5. The van der Waals surface area contributed by atoms with Crippen molar-refractivity contribution in [1.82, 2.24) is 0 Å². The van der Waals surface area contributed by atoms with Crippen molar-refractivity contribution in [2.24, 2.45) is 0 Å². The Morgan fingerprint density at radius 2 is 1.47 bits per heavy atom. The number of rotatable bonds is 14. The molecule has 1 atom stereocenters. The molecule has 1 aliphatic rings. The molecule has 3 nitrogen and oxygen atoms in total. The van der Waals surface area contributed by atoms with Crippen molar-refractivity contribution in [3.05, 3.63) is 95.1 Å². The fourth-order valence-electron chi connectivity index (χ4n) is 5.36. The van der Waals surface area contributed by atoms with E-state index in [0.717, 1.165) is 66.5 Å². The third kappa shape index (κ3) is 9.22. The Morgan fingerprint density at radius 3 is 2.19 bits per heavy atom. The number of hydrogen-bond donors (Lipinski definition) is 1. The summed E-state index contributed by atoms with van der Waals surface area (Å²) < 4.78 is 80.4. The summed E-state index contributed by atoms with van der Waals surface area (Å²) in [6.07, 6.45) is -1.50. The molecule has 0 saturated heterocycles. The summed E-state index contributed by atoms with van der Waals surface area (Å²) in [4.78, 5) is 0. The van der Waals surface area contributed by atoms with E-state index in [0.29, 0.717) is 18.8 Å². The number of aromatic hydroxyl groups is 1. The molecule has 1 unspecified atom stereocenters. The van der Waals surface area contributed by atoms with E-state index in [1.165, 1.54) is 11.1 Å². The Kier molecular flexibility index (Phi) is 11.5. The summed E-state index contributed by atoms with van der Waals surface area (Å²) in [5.41, 5.74) is 6.97. The van der Waals surface area contributed by atoms with Crippen LogP contribution in [0.25, 0.3) is 11.1 Å². The molecular weight excluding hydrogens is 583 g/mol. The van der Waals surface area contributed by atoms with Gasteiger partial charge in [0.05, 0.1) is 6.61 Å². The summed E-state index contributed by atoms with van der Waals surface area (Å²) in [6.45, 7) is 0.509. The fraction of sp³-hybridized carbons (Fsp3) is 0.412. The van der Waals surface area contributed by atoms with Crippen LogP contribution in [0.15, 0.2) is 72.8 Å². The van der Waals surface area contributed by atoms with Crippen molar-refractivity contribution in [3.8, 4) is 11.5 Å². The highest BCUT2D eigenvalue weighted by atomic mass is 32.2. The highest BCUT2D eigenvalue weighted by Crippen LogP contribution is 2.41. The van der Waals surface area contributed by atoms with Gasteiger partial charge in [-0.15, -0.1) is 0 Å². The Morgan fingerprint density at radius 1 is 0.767 bits per heavy atom. The number of benzene rings is 3. The predicted octanol–water partition coefficient (Wildman–Crippen LogP) is 9.35. The van der Waals surface area contributed by atoms with Crippen molar-refractivity contribution < 1.29 is 36.3 Å². The van der Waals surface area contributed by atoms with Crippen LogP contribution >= 0.6 is 0 Å². The molecule has 0 fully saturated rings. The second-order valence-corrected chi connectivity index (χ2v) is 12.6. The summed E-state index contributed by atoms with van der Waals surface area (Å²) in [5, 5.41) is 10.1. The average molecular weight is 621 g/mol. The van der Waals surface area contributed by atoms with Gasteiger partial charge in [-0.1, -0.05) is 59.7 Å². The molecule has 1 N–H and O–H groups in total. The third-order valence-electron chi connectivity index (χ3n) is 7.61. The monoisotopic (exact) mass is 620 g/mol. The van der Waals surface area contributed by atoms with E-state index in [-0.39, 0.29) is 11.5 Å². The molecular formula is C34H37F5O3S. The standard InChI is InChI=1S/C34H37F5O3S/c35-33(36,34(37,38)39)20-9-23-43(41)22-7-2-1-6-21-42-29-17-14-26(15-18-29)32-30(25-10-4-3-5-11-25)13-8-12-27-24-28(40)16-19-31(27)32/h3-5,10-11,14-19,24,40H,1-2,6-9,12-13,20-23H2. The summed E-state index contributed by atoms with van der Waals surface area (Å²) in [5.74, 6) is -3.57. The number of hydrogen-bond acceptors (Lipinski definition) is 3. The van der Waals surface area contributed by atoms with E-state index in [1.54, 1.807) is 6.07 Å². The van der Waals surface area contributed by atoms with Gasteiger partial charge in [0.2, 0.25) is 0 Å². The number of unbranched alkanes of at least 4 members (excludes halogenated alkanes) is 3. The van der Waals surface area contributed by atoms with Crippen LogP contribution < -0.4 is 4.74 Å². The number of ether oxygens (including phenoxy) is 1. The van der Waals surface area contributed by atoms with Crippen molar-refractivity contribution >= 4 is 22.3 Å². The molecule has 43 heavy (non-hydrogen) atoms. The molecule has 1 aliphatic carbocycles. The third-order valence-corrected chi connectivity index (χ3v) is 9.10. The van der Waals surface area contributed by atoms with Gasteiger partial charge >= 0.3 is 12.1 Å². The Hall–Kier alpha value is -3.04. The normalized spacial score (nSPS) is 14.7. The van der Waals surface area contributed by atoms with Crippen LogP contribution in [0.3, 0.4) is 0 Å². The molecule has 0 radical (unpaired) electrons. The lowest BCUT2D eigenvalue weighted by molar-refractivity contribution is -0.284. The van der Waals surface area contributed by atoms with Crippen molar-refractivity contribution in [2.45, 2.75) is 69.9 Å². The zero-order chi connectivity index (χ0) is 30.9. The first-order valence-corrected chi connectivity index (χ1v) is 16.2. The van der Waals surface area contributed by atoms with Gasteiger partial charge in [-0.25, -0.2) is 0 Å². The molecule has 0 spiro atoms. The molecule has 0 bridgehead atoms. The smallest absolute Gasteiger partial charge is 0.453 e. The molecule has 0 aromatic heterocycles. The minimum Gasteiger partial charge on any atom is -0.616 e. The lowest BCUT2D eigenvalue weighted by Gasteiger charge is -2.19. The second kappa shape index (κ2) is 15.1. The Bertz CT molecular complexity index is 1340. The van der Waals surface area contributed by atoms with Crippen LogP contribution in [0.2, 0.25) is 0 Å². The molecule has 4 rings (SSSR count). The Labute approximate surface area is 253 Å². The molecule has 9 heteroatoms. The van der Waals surface area contributed by atoms with E-state index < -0.39 is 36.1 Å². The van der Waals surface area contributed by atoms with Crippen molar-refractivity contribution in [3.63, 3.8) is 0 Å². The number of phenols is 1. The summed E-state index contributed by atoms with van der Waals surface area (Å²) >= 11 is -1.40. The maximum atomic E-state index is 12.9. The van der Waals surface area contributed by atoms with Crippen molar-refractivity contribution in [1.29, 1.82) is 0 Å². The van der Waals surface area contributed by atoms with Gasteiger partial charge in [0.25, 0.3) is 0 Å². The topological polar surface area (TPSA) is 52.5 Å². The lowest BCUT2D eigenvalue weighted by Crippen LogP contribution is -2.36. The van der Waals surface area contributed by atoms with Gasteiger partial charge in [0.15, 0.2) is 0 Å². The molecule has 0 heterocycles. The zero-order valence-electron chi connectivity index (χ0n) is 24.0. The predicted molar refractivity (Wildman–Crippen MR) is 162 cm³/mol. The quantitative estimate of drug-likeness (QED) is 0.111. The van der Waals surface area contributed by atoms with Gasteiger partial charge < -0.3 is 14.4 Å². The highest BCUT2D eigenvalue weighted by Gasteiger charge is 2.56. The number of allylic oxidation sites excluding steroid dienone is 1. The van der Waals surface area contributed by atoms with Crippen LogP contribution in [0.5, 0.6) is 11.5 Å². The largest absolute Gasteiger partial charge is 0.616 e. The summed E-state index contributed by atoms with van der Waals surface area (Å²) in [7, 11) is 0. The first-order valence-electron chi connectivity index (χ1n) is 14.7. The van der Waals surface area contributed by atoms with Gasteiger partial charge in [-0.3, -0.25) is 0 Å². The molecule has 0 amide bonds. The van der Waals surface area contributed by atoms with E-state index in [9.17, 15) is 31.6 Å². The number of fused-ring (bicyclic) bond motifs is 1. The minimum atomic E-state index is -5.56. The van der Waals surface area contributed by atoms with Crippen LogP contribution in [-0.2, 0) is 17.6 Å². The van der Waals surface area contributed by atoms with Gasteiger partial charge in [0, 0.05) is 6.42 Å².